The van der Waals surface area contributed by atoms with Crippen LogP contribution in [0.25, 0.3) is 32.3 Å². The van der Waals surface area contributed by atoms with Crippen LogP contribution in [0.1, 0.15) is 0 Å². The lowest BCUT2D eigenvalue weighted by Crippen LogP contribution is -1.97. The Labute approximate surface area is 122 Å². The minimum Gasteiger partial charge on any atom is -0.206 e. The maximum Gasteiger partial charge on any atom is 0.142 e. The smallest absolute Gasteiger partial charge is 0.142 e. The third kappa shape index (κ3) is 1.52. The van der Waals surface area contributed by atoms with Gasteiger partial charge >= 0.3 is 0 Å². The van der Waals surface area contributed by atoms with Gasteiger partial charge in [0.05, 0.1) is 10.8 Å². The SMILES string of the molecule is Fc1c2ccccc2c(F)c2c(F)c3ccccc3c(F)c12. The van der Waals surface area contributed by atoms with Crippen molar-refractivity contribution in [1.29, 1.82) is 0 Å². The maximum absolute atomic E-state index is 14.6. The van der Waals surface area contributed by atoms with E-state index in [2.05, 4.69) is 0 Å². The summed E-state index contributed by atoms with van der Waals surface area (Å²) in [5.74, 6) is -3.80. The van der Waals surface area contributed by atoms with Crippen LogP contribution in [0.5, 0.6) is 0 Å². The van der Waals surface area contributed by atoms with Crippen molar-refractivity contribution in [1.82, 2.24) is 0 Å². The van der Waals surface area contributed by atoms with Crippen molar-refractivity contribution in [2.45, 2.75) is 0 Å². The molecule has 108 valence electrons. The number of halogens is 4. The van der Waals surface area contributed by atoms with Crippen molar-refractivity contribution in [3.05, 3.63) is 71.8 Å². The lowest BCUT2D eigenvalue weighted by atomic mass is 9.97. The van der Waals surface area contributed by atoms with Crippen molar-refractivity contribution >= 4 is 32.3 Å². The Hall–Kier alpha value is -2.62. The summed E-state index contributed by atoms with van der Waals surface area (Å²) in [5.41, 5.74) is 0. The predicted octanol–water partition coefficient (Wildman–Crippen LogP) is 5.70. The van der Waals surface area contributed by atoms with Crippen LogP contribution in [0.15, 0.2) is 48.5 Å². The van der Waals surface area contributed by atoms with Crippen LogP contribution in [-0.2, 0) is 0 Å². The molecule has 0 bridgehead atoms. The summed E-state index contributed by atoms with van der Waals surface area (Å²) < 4.78 is 58.6. The fourth-order valence-corrected chi connectivity index (χ4v) is 2.90. The van der Waals surface area contributed by atoms with Crippen LogP contribution in [0.4, 0.5) is 17.6 Å². The third-order valence-corrected chi connectivity index (χ3v) is 3.93. The Balaban J connectivity index is 2.42. The molecule has 0 heterocycles. The third-order valence-electron chi connectivity index (χ3n) is 3.93. The molecular weight excluding hydrogens is 292 g/mol. The summed E-state index contributed by atoms with van der Waals surface area (Å²) in [6.07, 6.45) is 0. The second kappa shape index (κ2) is 4.44. The molecule has 4 aromatic carbocycles. The highest BCUT2D eigenvalue weighted by Crippen LogP contribution is 2.37. The lowest BCUT2D eigenvalue weighted by molar-refractivity contribution is 0.597. The van der Waals surface area contributed by atoms with Gasteiger partial charge < -0.3 is 0 Å². The first-order valence-electron chi connectivity index (χ1n) is 6.66. The molecule has 0 amide bonds. The van der Waals surface area contributed by atoms with Gasteiger partial charge in [0, 0.05) is 21.5 Å². The molecule has 0 fully saturated rings. The number of rotatable bonds is 0. The molecule has 0 N–H and O–H groups in total. The second-order valence-corrected chi connectivity index (χ2v) is 5.10. The molecule has 0 aliphatic carbocycles. The Morgan fingerprint density at radius 2 is 0.636 bits per heavy atom. The molecule has 0 saturated heterocycles. The van der Waals surface area contributed by atoms with E-state index in [9.17, 15) is 17.6 Å². The Morgan fingerprint density at radius 1 is 0.409 bits per heavy atom. The number of hydrogen-bond acceptors (Lipinski definition) is 0. The first-order valence-corrected chi connectivity index (χ1v) is 6.66. The summed E-state index contributed by atoms with van der Waals surface area (Å²) in [7, 11) is 0. The summed E-state index contributed by atoms with van der Waals surface area (Å²) in [6.45, 7) is 0. The van der Waals surface area contributed by atoms with Crippen molar-refractivity contribution in [2.24, 2.45) is 0 Å². The Kier molecular flexibility index (Phi) is 2.64. The van der Waals surface area contributed by atoms with E-state index in [-0.39, 0.29) is 21.5 Å². The highest BCUT2D eigenvalue weighted by Gasteiger charge is 2.23. The van der Waals surface area contributed by atoms with Crippen molar-refractivity contribution in [3.8, 4) is 0 Å². The van der Waals surface area contributed by atoms with E-state index in [0.717, 1.165) is 0 Å². The van der Waals surface area contributed by atoms with E-state index in [1.807, 2.05) is 0 Å². The monoisotopic (exact) mass is 300 g/mol. The molecule has 0 aliphatic heterocycles. The molecule has 0 aliphatic rings. The average molecular weight is 300 g/mol. The summed E-state index contributed by atoms with van der Waals surface area (Å²) in [5, 5.41) is -1.57. The molecule has 0 atom stereocenters. The number of fused-ring (bicyclic) bond motifs is 3. The van der Waals surface area contributed by atoms with E-state index in [4.69, 9.17) is 0 Å². The van der Waals surface area contributed by atoms with E-state index in [0.29, 0.717) is 0 Å². The van der Waals surface area contributed by atoms with Gasteiger partial charge in [0.2, 0.25) is 0 Å². The molecule has 4 aromatic rings. The van der Waals surface area contributed by atoms with Gasteiger partial charge in [-0.05, 0) is 0 Å². The van der Waals surface area contributed by atoms with E-state index < -0.39 is 34.0 Å². The molecule has 0 spiro atoms. The van der Waals surface area contributed by atoms with Crippen molar-refractivity contribution in [2.75, 3.05) is 0 Å². The van der Waals surface area contributed by atoms with Gasteiger partial charge in [0.25, 0.3) is 0 Å². The van der Waals surface area contributed by atoms with Crippen LogP contribution in [0, 0.1) is 23.3 Å². The summed E-state index contributed by atoms with van der Waals surface area (Å²) in [6, 6.07) is 11.5. The molecule has 0 nitrogen and oxygen atoms in total. The van der Waals surface area contributed by atoms with Crippen LogP contribution in [0.2, 0.25) is 0 Å². The van der Waals surface area contributed by atoms with Gasteiger partial charge in [-0.1, -0.05) is 48.5 Å². The number of benzene rings is 4. The standard InChI is InChI=1S/C18H8F4/c19-15-9-5-1-2-6-10(9)16(20)14-13(15)17(21)11-7-3-4-8-12(11)18(14)22/h1-8H. The van der Waals surface area contributed by atoms with Crippen LogP contribution >= 0.6 is 0 Å². The van der Waals surface area contributed by atoms with Crippen LogP contribution < -0.4 is 0 Å². The zero-order chi connectivity index (χ0) is 15.4. The Morgan fingerprint density at radius 3 is 0.864 bits per heavy atom. The topological polar surface area (TPSA) is 0 Å². The van der Waals surface area contributed by atoms with Gasteiger partial charge in [-0.3, -0.25) is 0 Å². The molecule has 0 unspecified atom stereocenters. The van der Waals surface area contributed by atoms with E-state index in [1.54, 1.807) is 0 Å². The fraction of sp³-hybridized carbons (Fsp3) is 0. The van der Waals surface area contributed by atoms with Crippen LogP contribution in [-0.4, -0.2) is 0 Å². The fourth-order valence-electron chi connectivity index (χ4n) is 2.90. The van der Waals surface area contributed by atoms with Gasteiger partial charge in [0.1, 0.15) is 23.3 Å². The van der Waals surface area contributed by atoms with Crippen molar-refractivity contribution in [3.63, 3.8) is 0 Å². The molecule has 0 aromatic heterocycles. The molecular formula is C18H8F4. The van der Waals surface area contributed by atoms with Gasteiger partial charge in [-0.15, -0.1) is 0 Å². The van der Waals surface area contributed by atoms with E-state index >= 15 is 0 Å². The molecule has 0 radical (unpaired) electrons. The zero-order valence-electron chi connectivity index (χ0n) is 11.1. The largest absolute Gasteiger partial charge is 0.206 e. The minimum atomic E-state index is -0.950. The van der Waals surface area contributed by atoms with Crippen LogP contribution in [0.3, 0.4) is 0 Å². The van der Waals surface area contributed by atoms with Gasteiger partial charge in [-0.2, -0.15) is 0 Å². The minimum absolute atomic E-state index is 0.0684. The lowest BCUT2D eigenvalue weighted by Gasteiger charge is -2.11. The van der Waals surface area contributed by atoms with Crippen molar-refractivity contribution < 1.29 is 17.6 Å². The Bertz CT molecular complexity index is 899. The quantitative estimate of drug-likeness (QED) is 0.288. The molecule has 22 heavy (non-hydrogen) atoms. The average Bonchev–Trinajstić information content (AvgIpc) is 2.56. The summed E-state index contributed by atoms with van der Waals surface area (Å²) in [4.78, 5) is 0. The highest BCUT2D eigenvalue weighted by atomic mass is 19.1. The first-order chi connectivity index (χ1) is 10.6. The zero-order valence-corrected chi connectivity index (χ0v) is 11.1. The van der Waals surface area contributed by atoms with E-state index in [1.165, 1.54) is 48.5 Å². The highest BCUT2D eigenvalue weighted by molar-refractivity contribution is 6.06. The number of hydrogen-bond donors (Lipinski definition) is 0. The summed E-state index contributed by atoms with van der Waals surface area (Å²) >= 11 is 0. The predicted molar refractivity (Wildman–Crippen MR) is 78.8 cm³/mol. The first kappa shape index (κ1) is 13.1. The molecule has 0 saturated carbocycles. The van der Waals surface area contributed by atoms with Gasteiger partial charge in [-0.25, -0.2) is 17.6 Å². The maximum atomic E-state index is 14.6. The normalized spacial score (nSPS) is 11.6. The molecule has 4 heteroatoms. The molecule has 4 rings (SSSR count). The second-order valence-electron chi connectivity index (χ2n) is 5.10. The van der Waals surface area contributed by atoms with Gasteiger partial charge in [0.15, 0.2) is 0 Å².